The molecule has 1 saturated carbocycles. The second-order valence-electron chi connectivity index (χ2n) is 4.95. The van der Waals surface area contributed by atoms with Crippen molar-refractivity contribution >= 4 is 21.8 Å². The molecule has 2 N–H and O–H groups in total. The van der Waals surface area contributed by atoms with E-state index in [2.05, 4.69) is 33.5 Å². The van der Waals surface area contributed by atoms with Crippen LogP contribution < -0.4 is 15.4 Å². The van der Waals surface area contributed by atoms with Crippen molar-refractivity contribution in [2.24, 2.45) is 0 Å². The van der Waals surface area contributed by atoms with Crippen molar-refractivity contribution in [1.29, 1.82) is 0 Å². The molecular formula is C15H21BrN2O2. The number of hydrogen-bond donors (Lipinski definition) is 2. The van der Waals surface area contributed by atoms with Crippen molar-refractivity contribution in [1.82, 2.24) is 10.6 Å². The highest BCUT2D eigenvalue weighted by molar-refractivity contribution is 9.10. The van der Waals surface area contributed by atoms with Gasteiger partial charge in [-0.25, -0.2) is 0 Å². The standard InChI is InChI=1S/C15H21BrN2O2/c1-2-17-10-11-4-3-5-13(16)15(11)20-9-8-14(19)18-12-6-7-12/h3-5,12,17H,2,6-10H2,1H3,(H,18,19). The van der Waals surface area contributed by atoms with Gasteiger partial charge in [-0.1, -0.05) is 19.1 Å². The minimum absolute atomic E-state index is 0.0767. The summed E-state index contributed by atoms with van der Waals surface area (Å²) in [6, 6.07) is 6.39. The van der Waals surface area contributed by atoms with Gasteiger partial charge in [-0.3, -0.25) is 4.79 Å². The Bertz CT molecular complexity index is 461. The minimum Gasteiger partial charge on any atom is -0.492 e. The number of para-hydroxylation sites is 1. The molecule has 4 nitrogen and oxygen atoms in total. The summed E-state index contributed by atoms with van der Waals surface area (Å²) in [5.74, 6) is 0.903. The number of nitrogens with one attached hydrogen (secondary N) is 2. The molecule has 0 saturated heterocycles. The topological polar surface area (TPSA) is 50.4 Å². The van der Waals surface area contributed by atoms with Crippen LogP contribution in [0.15, 0.2) is 22.7 Å². The largest absolute Gasteiger partial charge is 0.492 e. The van der Waals surface area contributed by atoms with Crippen LogP contribution in [0.2, 0.25) is 0 Å². The zero-order valence-corrected chi connectivity index (χ0v) is 13.3. The molecule has 0 aliphatic heterocycles. The van der Waals surface area contributed by atoms with E-state index in [1.165, 1.54) is 0 Å². The zero-order chi connectivity index (χ0) is 14.4. The van der Waals surface area contributed by atoms with Crippen molar-refractivity contribution < 1.29 is 9.53 Å². The molecule has 0 radical (unpaired) electrons. The lowest BCUT2D eigenvalue weighted by Crippen LogP contribution is -2.26. The molecule has 0 bridgehead atoms. The molecule has 20 heavy (non-hydrogen) atoms. The van der Waals surface area contributed by atoms with E-state index in [1.54, 1.807) is 0 Å². The van der Waals surface area contributed by atoms with Gasteiger partial charge < -0.3 is 15.4 Å². The molecule has 2 rings (SSSR count). The first kappa shape index (κ1) is 15.3. The first-order valence-corrected chi connectivity index (χ1v) is 7.90. The maximum absolute atomic E-state index is 11.6. The van der Waals surface area contributed by atoms with Gasteiger partial charge in [0.15, 0.2) is 0 Å². The van der Waals surface area contributed by atoms with E-state index >= 15 is 0 Å². The Hall–Kier alpha value is -1.07. The molecule has 1 aliphatic rings. The maximum Gasteiger partial charge on any atom is 0.223 e. The second kappa shape index (κ2) is 7.64. The molecule has 1 aliphatic carbocycles. The summed E-state index contributed by atoms with van der Waals surface area (Å²) in [7, 11) is 0. The summed E-state index contributed by atoms with van der Waals surface area (Å²) in [6.07, 6.45) is 2.63. The predicted octanol–water partition coefficient (Wildman–Crippen LogP) is 2.61. The predicted molar refractivity (Wildman–Crippen MR) is 82.8 cm³/mol. The molecule has 0 atom stereocenters. The zero-order valence-electron chi connectivity index (χ0n) is 11.7. The first-order valence-electron chi connectivity index (χ1n) is 7.11. The number of rotatable bonds is 8. The SMILES string of the molecule is CCNCc1cccc(Br)c1OCCC(=O)NC1CC1. The normalized spacial score (nSPS) is 14.1. The van der Waals surface area contributed by atoms with Gasteiger partial charge in [0.2, 0.25) is 5.91 Å². The van der Waals surface area contributed by atoms with Crippen LogP contribution >= 0.6 is 15.9 Å². The highest BCUT2D eigenvalue weighted by Crippen LogP contribution is 2.29. The van der Waals surface area contributed by atoms with Crippen LogP contribution in [0.3, 0.4) is 0 Å². The molecule has 1 aromatic rings. The third kappa shape index (κ3) is 4.80. The lowest BCUT2D eigenvalue weighted by Gasteiger charge is -2.13. The van der Waals surface area contributed by atoms with Gasteiger partial charge in [-0.2, -0.15) is 0 Å². The lowest BCUT2D eigenvalue weighted by atomic mass is 10.2. The number of halogens is 1. The van der Waals surface area contributed by atoms with E-state index in [0.29, 0.717) is 19.1 Å². The smallest absolute Gasteiger partial charge is 0.223 e. The Balaban J connectivity index is 1.85. The highest BCUT2D eigenvalue weighted by Gasteiger charge is 2.22. The Morgan fingerprint density at radius 1 is 1.45 bits per heavy atom. The molecule has 0 aromatic heterocycles. The number of hydrogen-bond acceptors (Lipinski definition) is 3. The van der Waals surface area contributed by atoms with Crippen molar-refractivity contribution in [3.63, 3.8) is 0 Å². The van der Waals surface area contributed by atoms with Crippen molar-refractivity contribution in [2.75, 3.05) is 13.2 Å². The van der Waals surface area contributed by atoms with Crippen LogP contribution in [0.1, 0.15) is 31.7 Å². The van der Waals surface area contributed by atoms with Gasteiger partial charge >= 0.3 is 0 Å². The number of carbonyl (C=O) groups is 1. The van der Waals surface area contributed by atoms with Gasteiger partial charge in [-0.05, 0) is 41.4 Å². The van der Waals surface area contributed by atoms with E-state index in [9.17, 15) is 4.79 Å². The van der Waals surface area contributed by atoms with Gasteiger partial charge in [-0.15, -0.1) is 0 Å². The molecule has 1 amide bonds. The molecule has 5 heteroatoms. The highest BCUT2D eigenvalue weighted by atomic mass is 79.9. The molecule has 0 unspecified atom stereocenters. The third-order valence-electron chi connectivity index (χ3n) is 3.13. The van der Waals surface area contributed by atoms with E-state index in [-0.39, 0.29) is 5.91 Å². The summed E-state index contributed by atoms with van der Waals surface area (Å²) >= 11 is 3.50. The Morgan fingerprint density at radius 2 is 2.25 bits per heavy atom. The number of carbonyl (C=O) groups excluding carboxylic acids is 1. The fourth-order valence-corrected chi connectivity index (χ4v) is 2.41. The molecule has 0 spiro atoms. The van der Waals surface area contributed by atoms with Crippen LogP contribution in [0.5, 0.6) is 5.75 Å². The average molecular weight is 341 g/mol. The Morgan fingerprint density at radius 3 is 2.95 bits per heavy atom. The summed E-state index contributed by atoms with van der Waals surface area (Å²) in [4.78, 5) is 11.6. The van der Waals surface area contributed by atoms with E-state index in [1.807, 2.05) is 18.2 Å². The van der Waals surface area contributed by atoms with Crippen LogP contribution in [0.25, 0.3) is 0 Å². The Kier molecular flexibility index (Phi) is 5.86. The summed E-state index contributed by atoms with van der Waals surface area (Å²) in [5, 5.41) is 6.25. The van der Waals surface area contributed by atoms with Crippen LogP contribution in [0.4, 0.5) is 0 Å². The summed E-state index contributed by atoms with van der Waals surface area (Å²) in [6.45, 7) is 4.15. The summed E-state index contributed by atoms with van der Waals surface area (Å²) in [5.41, 5.74) is 1.10. The van der Waals surface area contributed by atoms with E-state index in [0.717, 1.165) is 41.7 Å². The van der Waals surface area contributed by atoms with Crippen molar-refractivity contribution in [3.8, 4) is 5.75 Å². The van der Waals surface area contributed by atoms with Crippen LogP contribution in [-0.2, 0) is 11.3 Å². The fourth-order valence-electron chi connectivity index (χ4n) is 1.89. The van der Waals surface area contributed by atoms with Gasteiger partial charge in [0.1, 0.15) is 5.75 Å². The van der Waals surface area contributed by atoms with Crippen LogP contribution in [-0.4, -0.2) is 25.1 Å². The second-order valence-corrected chi connectivity index (χ2v) is 5.80. The summed E-state index contributed by atoms with van der Waals surface area (Å²) < 4.78 is 6.72. The van der Waals surface area contributed by atoms with E-state index < -0.39 is 0 Å². The number of ether oxygens (including phenoxy) is 1. The quantitative estimate of drug-likeness (QED) is 0.764. The number of amides is 1. The minimum atomic E-state index is 0.0767. The third-order valence-corrected chi connectivity index (χ3v) is 3.76. The lowest BCUT2D eigenvalue weighted by molar-refractivity contribution is -0.121. The molecular weight excluding hydrogens is 320 g/mol. The monoisotopic (exact) mass is 340 g/mol. The molecule has 1 fully saturated rings. The number of benzene rings is 1. The molecule has 0 heterocycles. The first-order chi connectivity index (χ1) is 9.70. The van der Waals surface area contributed by atoms with Gasteiger partial charge in [0.05, 0.1) is 17.5 Å². The fraction of sp³-hybridized carbons (Fsp3) is 0.533. The van der Waals surface area contributed by atoms with Crippen molar-refractivity contribution in [2.45, 2.75) is 38.8 Å². The Labute approximate surface area is 128 Å². The average Bonchev–Trinajstić information content (AvgIpc) is 3.22. The van der Waals surface area contributed by atoms with Crippen molar-refractivity contribution in [3.05, 3.63) is 28.2 Å². The van der Waals surface area contributed by atoms with Gasteiger partial charge in [0, 0.05) is 18.2 Å². The van der Waals surface area contributed by atoms with Crippen LogP contribution in [0, 0.1) is 0 Å². The van der Waals surface area contributed by atoms with E-state index in [4.69, 9.17) is 4.74 Å². The molecule has 1 aromatic carbocycles. The maximum atomic E-state index is 11.6. The van der Waals surface area contributed by atoms with Gasteiger partial charge in [0.25, 0.3) is 0 Å². The molecule has 110 valence electrons.